The second-order valence-electron chi connectivity index (χ2n) is 3.81. The molecule has 2 rings (SSSR count). The highest BCUT2D eigenvalue weighted by Crippen LogP contribution is 2.31. The summed E-state index contributed by atoms with van der Waals surface area (Å²) in [5, 5.41) is 0.436. The van der Waals surface area contributed by atoms with Crippen molar-refractivity contribution in [1.29, 1.82) is 0 Å². The Labute approximate surface area is 126 Å². The van der Waals surface area contributed by atoms with Gasteiger partial charge in [0, 0.05) is 0 Å². The first-order chi connectivity index (χ1) is 10.2. The second kappa shape index (κ2) is 6.94. The molecule has 0 aliphatic carbocycles. The normalized spacial score (nSPS) is 10.0. The lowest BCUT2D eigenvalue weighted by atomic mass is 10.3. The number of hydrogen-bond donors (Lipinski definition) is 0. The SMILES string of the molecule is COC(=O)c1c(OC)nc(SC)nc1Oc1ccccc1. The van der Waals surface area contributed by atoms with E-state index in [0.29, 0.717) is 10.9 Å². The summed E-state index contributed by atoms with van der Waals surface area (Å²) in [6.07, 6.45) is 1.82. The Morgan fingerprint density at radius 3 is 2.33 bits per heavy atom. The molecule has 6 nitrogen and oxygen atoms in total. The Kier molecular flexibility index (Phi) is 4.99. The van der Waals surface area contributed by atoms with Crippen LogP contribution in [0.3, 0.4) is 0 Å². The van der Waals surface area contributed by atoms with Crippen molar-refractivity contribution in [3.63, 3.8) is 0 Å². The van der Waals surface area contributed by atoms with Crippen LogP contribution < -0.4 is 9.47 Å². The van der Waals surface area contributed by atoms with Crippen molar-refractivity contribution < 1.29 is 19.0 Å². The highest BCUT2D eigenvalue weighted by Gasteiger charge is 2.24. The van der Waals surface area contributed by atoms with Gasteiger partial charge in [-0.1, -0.05) is 30.0 Å². The van der Waals surface area contributed by atoms with E-state index < -0.39 is 5.97 Å². The maximum atomic E-state index is 11.9. The van der Waals surface area contributed by atoms with Crippen molar-refractivity contribution in [2.24, 2.45) is 0 Å². The van der Waals surface area contributed by atoms with Crippen molar-refractivity contribution in [3.8, 4) is 17.5 Å². The number of benzene rings is 1. The molecule has 1 aromatic heterocycles. The van der Waals surface area contributed by atoms with Crippen LogP contribution in [0.1, 0.15) is 10.4 Å². The molecule has 21 heavy (non-hydrogen) atoms. The van der Waals surface area contributed by atoms with E-state index in [1.165, 1.54) is 26.0 Å². The zero-order chi connectivity index (χ0) is 15.2. The summed E-state index contributed by atoms with van der Waals surface area (Å²) < 4.78 is 15.6. The lowest BCUT2D eigenvalue weighted by molar-refractivity contribution is 0.0591. The van der Waals surface area contributed by atoms with E-state index >= 15 is 0 Å². The standard InChI is InChI=1S/C14H14N2O4S/c1-18-11-10(13(17)19-2)12(16-14(15-11)21-3)20-9-7-5-4-6-8-9/h4-8H,1-3H3. The fourth-order valence-corrected chi connectivity index (χ4v) is 1.94. The zero-order valence-electron chi connectivity index (χ0n) is 11.8. The summed E-state index contributed by atoms with van der Waals surface area (Å²) >= 11 is 1.32. The minimum absolute atomic E-state index is 0.0571. The van der Waals surface area contributed by atoms with Crippen LogP contribution in [0.4, 0.5) is 0 Å². The van der Waals surface area contributed by atoms with Gasteiger partial charge in [0.15, 0.2) is 10.7 Å². The maximum absolute atomic E-state index is 11.9. The Hall–Kier alpha value is -2.28. The van der Waals surface area contributed by atoms with Gasteiger partial charge in [0.25, 0.3) is 0 Å². The van der Waals surface area contributed by atoms with Gasteiger partial charge in [-0.25, -0.2) is 4.79 Å². The van der Waals surface area contributed by atoms with Crippen LogP contribution in [0.5, 0.6) is 17.5 Å². The lowest BCUT2D eigenvalue weighted by Crippen LogP contribution is -2.10. The number of hydrogen-bond acceptors (Lipinski definition) is 7. The van der Waals surface area contributed by atoms with Gasteiger partial charge in [-0.3, -0.25) is 0 Å². The van der Waals surface area contributed by atoms with Gasteiger partial charge in [-0.15, -0.1) is 0 Å². The molecule has 0 N–H and O–H groups in total. The van der Waals surface area contributed by atoms with Crippen LogP contribution >= 0.6 is 11.8 Å². The number of rotatable bonds is 5. The number of nitrogens with zero attached hydrogens (tertiary/aromatic N) is 2. The molecule has 0 spiro atoms. The largest absolute Gasteiger partial charge is 0.480 e. The molecular weight excluding hydrogens is 292 g/mol. The van der Waals surface area contributed by atoms with Gasteiger partial charge in [-0.2, -0.15) is 9.97 Å². The van der Waals surface area contributed by atoms with E-state index in [-0.39, 0.29) is 17.3 Å². The van der Waals surface area contributed by atoms with E-state index in [1.807, 2.05) is 24.5 Å². The van der Waals surface area contributed by atoms with Gasteiger partial charge in [0.2, 0.25) is 11.8 Å². The van der Waals surface area contributed by atoms with E-state index in [0.717, 1.165) is 0 Å². The molecule has 0 amide bonds. The molecule has 0 saturated carbocycles. The predicted molar refractivity (Wildman–Crippen MR) is 78.2 cm³/mol. The summed E-state index contributed by atoms with van der Waals surface area (Å²) in [4.78, 5) is 20.3. The van der Waals surface area contributed by atoms with E-state index in [1.54, 1.807) is 12.1 Å². The quantitative estimate of drug-likeness (QED) is 0.478. The molecule has 1 heterocycles. The molecule has 110 valence electrons. The zero-order valence-corrected chi connectivity index (χ0v) is 12.6. The average molecular weight is 306 g/mol. The fourth-order valence-electron chi connectivity index (χ4n) is 1.59. The molecule has 0 atom stereocenters. The van der Waals surface area contributed by atoms with Gasteiger partial charge in [-0.05, 0) is 18.4 Å². The molecule has 0 unspecified atom stereocenters. The first-order valence-corrected chi connectivity index (χ1v) is 7.23. The van der Waals surface area contributed by atoms with E-state index in [9.17, 15) is 4.79 Å². The average Bonchev–Trinajstić information content (AvgIpc) is 2.54. The van der Waals surface area contributed by atoms with Gasteiger partial charge < -0.3 is 14.2 Å². The number of thioether (sulfide) groups is 1. The Balaban J connectivity index is 2.52. The van der Waals surface area contributed by atoms with Crippen molar-refractivity contribution in [3.05, 3.63) is 35.9 Å². The molecule has 0 aliphatic heterocycles. The number of para-hydroxylation sites is 1. The van der Waals surface area contributed by atoms with Crippen molar-refractivity contribution in [1.82, 2.24) is 9.97 Å². The Morgan fingerprint density at radius 2 is 1.76 bits per heavy atom. The van der Waals surface area contributed by atoms with Gasteiger partial charge in [0.1, 0.15) is 5.75 Å². The van der Waals surface area contributed by atoms with E-state index in [4.69, 9.17) is 14.2 Å². The fraction of sp³-hybridized carbons (Fsp3) is 0.214. The number of methoxy groups -OCH3 is 2. The highest BCUT2D eigenvalue weighted by molar-refractivity contribution is 7.98. The van der Waals surface area contributed by atoms with Crippen LogP contribution in [0.25, 0.3) is 0 Å². The molecule has 7 heteroatoms. The molecule has 0 aliphatic rings. The summed E-state index contributed by atoms with van der Waals surface area (Å²) in [6.45, 7) is 0. The molecule has 2 aromatic rings. The first-order valence-electron chi connectivity index (χ1n) is 6.00. The second-order valence-corrected chi connectivity index (χ2v) is 4.58. The maximum Gasteiger partial charge on any atom is 0.349 e. The van der Waals surface area contributed by atoms with Crippen LogP contribution in [0.2, 0.25) is 0 Å². The topological polar surface area (TPSA) is 70.5 Å². The number of carbonyl (C=O) groups excluding carboxylic acids is 1. The summed E-state index contributed by atoms with van der Waals surface area (Å²) in [6, 6.07) is 9.02. The Bertz CT molecular complexity index is 634. The molecule has 1 aromatic carbocycles. The Morgan fingerprint density at radius 1 is 1.10 bits per heavy atom. The van der Waals surface area contributed by atoms with Crippen molar-refractivity contribution in [2.75, 3.05) is 20.5 Å². The third-order valence-corrected chi connectivity index (χ3v) is 3.09. The molecule has 0 saturated heterocycles. The lowest BCUT2D eigenvalue weighted by Gasteiger charge is -2.12. The minimum atomic E-state index is -0.620. The third-order valence-electron chi connectivity index (χ3n) is 2.55. The van der Waals surface area contributed by atoms with Crippen molar-refractivity contribution >= 4 is 17.7 Å². The number of aromatic nitrogens is 2. The highest BCUT2D eigenvalue weighted by atomic mass is 32.2. The molecule has 0 fully saturated rings. The summed E-state index contributed by atoms with van der Waals surface area (Å²) in [5.74, 6) is 0.150. The molecular formula is C14H14N2O4S. The molecule has 0 bridgehead atoms. The number of ether oxygens (including phenoxy) is 3. The number of carbonyl (C=O) groups is 1. The summed E-state index contributed by atoms with van der Waals surface area (Å²) in [7, 11) is 2.70. The van der Waals surface area contributed by atoms with Crippen LogP contribution in [0, 0.1) is 0 Å². The molecule has 0 radical (unpaired) electrons. The third kappa shape index (κ3) is 3.43. The van der Waals surface area contributed by atoms with Gasteiger partial charge >= 0.3 is 5.97 Å². The van der Waals surface area contributed by atoms with Crippen LogP contribution in [-0.2, 0) is 4.74 Å². The number of esters is 1. The van der Waals surface area contributed by atoms with Crippen LogP contribution in [-0.4, -0.2) is 36.4 Å². The summed E-state index contributed by atoms with van der Waals surface area (Å²) in [5.41, 5.74) is 0.0571. The van der Waals surface area contributed by atoms with Crippen LogP contribution in [0.15, 0.2) is 35.5 Å². The van der Waals surface area contributed by atoms with Gasteiger partial charge in [0.05, 0.1) is 14.2 Å². The predicted octanol–water partition coefficient (Wildman–Crippen LogP) is 2.79. The monoisotopic (exact) mass is 306 g/mol. The minimum Gasteiger partial charge on any atom is -0.480 e. The first kappa shape index (κ1) is 15.1. The van der Waals surface area contributed by atoms with Crippen molar-refractivity contribution in [2.45, 2.75) is 5.16 Å². The smallest absolute Gasteiger partial charge is 0.349 e. The van der Waals surface area contributed by atoms with E-state index in [2.05, 4.69) is 9.97 Å².